The molecule has 0 aliphatic carbocycles. The largest absolute Gasteiger partial charge is 0.498 e. The number of ether oxygens (including phenoxy) is 4. The zero-order chi connectivity index (χ0) is 15.9. The maximum atomic E-state index is 11.5. The van der Waals surface area contributed by atoms with Crippen molar-refractivity contribution in [2.75, 3.05) is 20.8 Å². The van der Waals surface area contributed by atoms with Crippen LogP contribution >= 0.6 is 0 Å². The minimum absolute atomic E-state index is 0.327. The molecule has 0 bridgehead atoms. The second kappa shape index (κ2) is 7.54. The Morgan fingerprint density at radius 3 is 2.73 bits per heavy atom. The fourth-order valence-corrected chi connectivity index (χ4v) is 2.18. The normalized spacial score (nSPS) is 17.9. The molecular weight excluding hydrogens is 284 g/mol. The molecule has 118 valence electrons. The second-order valence-electron chi connectivity index (χ2n) is 4.70. The Labute approximate surface area is 130 Å². The third-order valence-electron chi connectivity index (χ3n) is 3.19. The predicted molar refractivity (Wildman–Crippen MR) is 82.8 cm³/mol. The van der Waals surface area contributed by atoms with E-state index in [4.69, 9.17) is 18.9 Å². The summed E-state index contributed by atoms with van der Waals surface area (Å²) in [6.07, 6.45) is 5.33. The van der Waals surface area contributed by atoms with Gasteiger partial charge >= 0.3 is 5.97 Å². The van der Waals surface area contributed by atoms with Gasteiger partial charge in [-0.3, -0.25) is 0 Å². The summed E-state index contributed by atoms with van der Waals surface area (Å²) in [5.41, 5.74) is 0.932. The molecule has 2 rings (SSSR count). The van der Waals surface area contributed by atoms with E-state index >= 15 is 0 Å². The molecule has 1 aromatic rings. The highest BCUT2D eigenvalue weighted by Crippen LogP contribution is 2.28. The Bertz CT molecular complexity index is 589. The average Bonchev–Trinajstić information content (AvgIpc) is 2.52. The van der Waals surface area contributed by atoms with Crippen LogP contribution in [0.25, 0.3) is 6.08 Å². The van der Waals surface area contributed by atoms with Crippen molar-refractivity contribution in [1.82, 2.24) is 0 Å². The molecule has 0 aromatic heterocycles. The minimum Gasteiger partial charge on any atom is -0.498 e. The Morgan fingerprint density at radius 2 is 2.05 bits per heavy atom. The molecule has 22 heavy (non-hydrogen) atoms. The standard InChI is InChI=1S/C17H20O5/c1-4-21-14-10-13(22-17(18)11-14)7-5-12-6-8-15(19-2)16(9-12)20-3/h5-9,11,13H,4,10H2,1-3H3/b7-5+. The van der Waals surface area contributed by atoms with E-state index in [-0.39, 0.29) is 12.1 Å². The number of benzene rings is 1. The summed E-state index contributed by atoms with van der Waals surface area (Å²) in [6.45, 7) is 2.42. The number of hydrogen-bond acceptors (Lipinski definition) is 5. The number of cyclic esters (lactones) is 1. The first-order valence-corrected chi connectivity index (χ1v) is 7.10. The smallest absolute Gasteiger partial charge is 0.334 e. The van der Waals surface area contributed by atoms with Crippen LogP contribution in [0.3, 0.4) is 0 Å². The summed E-state index contributed by atoms with van der Waals surface area (Å²) in [7, 11) is 3.18. The van der Waals surface area contributed by atoms with Crippen molar-refractivity contribution in [2.24, 2.45) is 0 Å². The van der Waals surface area contributed by atoms with Crippen LogP contribution in [-0.4, -0.2) is 32.9 Å². The van der Waals surface area contributed by atoms with Crippen LogP contribution in [0.1, 0.15) is 18.9 Å². The number of esters is 1. The number of carbonyl (C=O) groups is 1. The van der Waals surface area contributed by atoms with Crippen LogP contribution in [0.15, 0.2) is 36.1 Å². The van der Waals surface area contributed by atoms with Gasteiger partial charge in [0.05, 0.1) is 26.9 Å². The van der Waals surface area contributed by atoms with Crippen molar-refractivity contribution >= 4 is 12.0 Å². The van der Waals surface area contributed by atoms with Crippen LogP contribution < -0.4 is 9.47 Å². The van der Waals surface area contributed by atoms with E-state index in [0.29, 0.717) is 30.3 Å². The van der Waals surface area contributed by atoms with E-state index < -0.39 is 0 Å². The second-order valence-corrected chi connectivity index (χ2v) is 4.70. The molecule has 0 radical (unpaired) electrons. The van der Waals surface area contributed by atoms with Gasteiger partial charge in [-0.1, -0.05) is 12.1 Å². The number of rotatable bonds is 6. The van der Waals surface area contributed by atoms with E-state index in [1.165, 1.54) is 6.08 Å². The highest BCUT2D eigenvalue weighted by Gasteiger charge is 2.20. The van der Waals surface area contributed by atoms with Crippen molar-refractivity contribution in [3.8, 4) is 11.5 Å². The minimum atomic E-state index is -0.378. The SMILES string of the molecule is CCOC1=CC(=O)OC(/C=C/c2ccc(OC)c(OC)c2)C1. The first-order chi connectivity index (χ1) is 10.7. The van der Waals surface area contributed by atoms with Crippen LogP contribution in [0, 0.1) is 0 Å². The van der Waals surface area contributed by atoms with Crippen LogP contribution in [-0.2, 0) is 14.3 Å². The van der Waals surface area contributed by atoms with Gasteiger partial charge in [0.2, 0.25) is 0 Å². The van der Waals surface area contributed by atoms with Crippen molar-refractivity contribution in [1.29, 1.82) is 0 Å². The fourth-order valence-electron chi connectivity index (χ4n) is 2.18. The lowest BCUT2D eigenvalue weighted by Crippen LogP contribution is -2.21. The average molecular weight is 304 g/mol. The molecule has 5 heteroatoms. The highest BCUT2D eigenvalue weighted by molar-refractivity contribution is 5.83. The van der Waals surface area contributed by atoms with Crippen LogP contribution in [0.2, 0.25) is 0 Å². The first-order valence-electron chi connectivity index (χ1n) is 7.10. The van der Waals surface area contributed by atoms with Gasteiger partial charge in [0.25, 0.3) is 0 Å². The third-order valence-corrected chi connectivity index (χ3v) is 3.19. The molecule has 1 aliphatic rings. The Kier molecular flexibility index (Phi) is 5.47. The fraction of sp³-hybridized carbons (Fsp3) is 0.353. The van der Waals surface area contributed by atoms with E-state index in [1.807, 2.05) is 37.3 Å². The third kappa shape index (κ3) is 4.04. The van der Waals surface area contributed by atoms with E-state index in [0.717, 1.165) is 5.56 Å². The number of hydrogen-bond donors (Lipinski definition) is 0. The van der Waals surface area contributed by atoms with E-state index in [2.05, 4.69) is 0 Å². The zero-order valence-electron chi connectivity index (χ0n) is 13.0. The lowest BCUT2D eigenvalue weighted by Gasteiger charge is -2.20. The highest BCUT2D eigenvalue weighted by atomic mass is 16.6. The molecule has 0 fully saturated rings. The van der Waals surface area contributed by atoms with Gasteiger partial charge in [0.15, 0.2) is 11.5 Å². The Hall–Kier alpha value is -2.43. The molecule has 1 heterocycles. The molecule has 0 spiro atoms. The molecule has 0 saturated heterocycles. The van der Waals surface area contributed by atoms with Crippen molar-refractivity contribution < 1.29 is 23.7 Å². The van der Waals surface area contributed by atoms with Gasteiger partial charge in [0, 0.05) is 6.42 Å². The zero-order valence-corrected chi connectivity index (χ0v) is 13.0. The maximum absolute atomic E-state index is 11.5. The molecule has 0 amide bonds. The Morgan fingerprint density at radius 1 is 1.27 bits per heavy atom. The Balaban J connectivity index is 2.08. The molecule has 1 unspecified atom stereocenters. The summed E-state index contributed by atoms with van der Waals surface area (Å²) < 4.78 is 21.1. The van der Waals surface area contributed by atoms with E-state index in [9.17, 15) is 4.79 Å². The molecular formula is C17H20O5. The monoisotopic (exact) mass is 304 g/mol. The van der Waals surface area contributed by atoms with Crippen LogP contribution in [0.4, 0.5) is 0 Å². The van der Waals surface area contributed by atoms with Gasteiger partial charge in [-0.05, 0) is 30.7 Å². The quantitative estimate of drug-likeness (QED) is 0.756. The lowest BCUT2D eigenvalue weighted by molar-refractivity contribution is -0.142. The van der Waals surface area contributed by atoms with Crippen molar-refractivity contribution in [3.05, 3.63) is 41.7 Å². The van der Waals surface area contributed by atoms with E-state index in [1.54, 1.807) is 14.2 Å². The van der Waals surface area contributed by atoms with Crippen molar-refractivity contribution in [3.63, 3.8) is 0 Å². The molecule has 0 N–H and O–H groups in total. The van der Waals surface area contributed by atoms with Gasteiger partial charge in [-0.2, -0.15) is 0 Å². The molecule has 1 aromatic carbocycles. The maximum Gasteiger partial charge on any atom is 0.334 e. The molecule has 1 aliphatic heterocycles. The molecule has 5 nitrogen and oxygen atoms in total. The predicted octanol–water partition coefficient (Wildman–Crippen LogP) is 2.95. The van der Waals surface area contributed by atoms with Crippen molar-refractivity contribution in [2.45, 2.75) is 19.4 Å². The topological polar surface area (TPSA) is 54.0 Å². The first kappa shape index (κ1) is 15.9. The summed E-state index contributed by atoms with van der Waals surface area (Å²) >= 11 is 0. The van der Waals surface area contributed by atoms with Gasteiger partial charge < -0.3 is 18.9 Å². The molecule has 0 saturated carbocycles. The van der Waals surface area contributed by atoms with Gasteiger partial charge in [-0.25, -0.2) is 4.79 Å². The summed E-state index contributed by atoms with van der Waals surface area (Å²) in [5.74, 6) is 1.60. The van der Waals surface area contributed by atoms with Gasteiger partial charge in [0.1, 0.15) is 11.9 Å². The summed E-state index contributed by atoms with van der Waals surface area (Å²) in [5, 5.41) is 0. The van der Waals surface area contributed by atoms with Gasteiger partial charge in [-0.15, -0.1) is 0 Å². The summed E-state index contributed by atoms with van der Waals surface area (Å²) in [6, 6.07) is 5.60. The number of methoxy groups -OCH3 is 2. The lowest BCUT2D eigenvalue weighted by atomic mass is 10.1. The summed E-state index contributed by atoms with van der Waals surface area (Å²) in [4.78, 5) is 11.5. The molecule has 1 atom stereocenters. The van der Waals surface area contributed by atoms with Crippen LogP contribution in [0.5, 0.6) is 11.5 Å². The number of carbonyl (C=O) groups excluding carboxylic acids is 1.